The first-order chi connectivity index (χ1) is 9.52. The van der Waals surface area contributed by atoms with Crippen molar-refractivity contribution in [3.05, 3.63) is 23.4 Å². The normalized spacial score (nSPS) is 12.8. The van der Waals surface area contributed by atoms with Crippen molar-refractivity contribution in [1.82, 2.24) is 30.1 Å². The number of hydrogen-bond donors (Lipinski definition) is 2. The molecule has 3 aromatic heterocycles. The minimum atomic E-state index is -0.102. The number of aromatic nitrogens is 6. The fourth-order valence-corrected chi connectivity index (χ4v) is 1.96. The number of aryl methyl sites for hydroxylation is 3. The first-order valence-corrected chi connectivity index (χ1v) is 6.30. The first-order valence-electron chi connectivity index (χ1n) is 6.30. The zero-order valence-corrected chi connectivity index (χ0v) is 11.7. The lowest BCUT2D eigenvalue weighted by atomic mass is 10.3. The molecule has 0 saturated heterocycles. The molecular weight excluding hydrogens is 258 g/mol. The third-order valence-corrected chi connectivity index (χ3v) is 2.83. The zero-order valence-electron chi connectivity index (χ0n) is 11.7. The number of hydrogen-bond acceptors (Lipinski definition) is 7. The molecule has 104 valence electrons. The Morgan fingerprint density at radius 3 is 2.60 bits per heavy atom. The summed E-state index contributed by atoms with van der Waals surface area (Å²) >= 11 is 0. The molecule has 0 aliphatic rings. The van der Waals surface area contributed by atoms with E-state index in [-0.39, 0.29) is 6.04 Å². The highest BCUT2D eigenvalue weighted by molar-refractivity contribution is 5.81. The van der Waals surface area contributed by atoms with Gasteiger partial charge in [0.2, 0.25) is 0 Å². The van der Waals surface area contributed by atoms with Crippen LogP contribution < -0.4 is 5.32 Å². The van der Waals surface area contributed by atoms with E-state index in [1.165, 1.54) is 0 Å². The van der Waals surface area contributed by atoms with Crippen LogP contribution in [0.5, 0.6) is 0 Å². The highest BCUT2D eigenvalue weighted by atomic mass is 16.4. The Balaban J connectivity index is 1.97. The standard InChI is InChI=1S/C12H15N7O/c1-5(10-15-7(3)18-19-10)13-11-9-12(16-6(2)14-11)20-8(4)17-9/h5H,1-4H3,(H,13,14,16)(H,15,18,19)/t5-/m0/s1. The Kier molecular flexibility index (Phi) is 2.85. The Morgan fingerprint density at radius 2 is 1.90 bits per heavy atom. The molecule has 0 spiro atoms. The highest BCUT2D eigenvalue weighted by Gasteiger charge is 2.16. The third-order valence-electron chi connectivity index (χ3n) is 2.83. The summed E-state index contributed by atoms with van der Waals surface area (Å²) in [4.78, 5) is 17.2. The summed E-state index contributed by atoms with van der Waals surface area (Å²) in [6.07, 6.45) is 0. The summed E-state index contributed by atoms with van der Waals surface area (Å²) in [7, 11) is 0. The van der Waals surface area contributed by atoms with Gasteiger partial charge in [-0.2, -0.15) is 10.1 Å². The number of rotatable bonds is 3. The van der Waals surface area contributed by atoms with E-state index in [0.717, 1.165) is 5.82 Å². The van der Waals surface area contributed by atoms with Crippen LogP contribution in [-0.4, -0.2) is 30.1 Å². The largest absolute Gasteiger partial charge is 0.422 e. The van der Waals surface area contributed by atoms with Gasteiger partial charge in [-0.1, -0.05) is 0 Å². The van der Waals surface area contributed by atoms with Crippen LogP contribution in [0.4, 0.5) is 5.82 Å². The van der Waals surface area contributed by atoms with Gasteiger partial charge in [0.15, 0.2) is 23.0 Å². The molecule has 0 unspecified atom stereocenters. The van der Waals surface area contributed by atoms with Gasteiger partial charge in [0, 0.05) is 6.92 Å². The van der Waals surface area contributed by atoms with Gasteiger partial charge < -0.3 is 9.73 Å². The van der Waals surface area contributed by atoms with Crippen LogP contribution in [0.2, 0.25) is 0 Å². The Morgan fingerprint density at radius 1 is 1.10 bits per heavy atom. The maximum absolute atomic E-state index is 5.44. The number of H-pyrrole nitrogens is 1. The lowest BCUT2D eigenvalue weighted by Crippen LogP contribution is -2.11. The minimum absolute atomic E-state index is 0.102. The molecule has 3 aromatic rings. The van der Waals surface area contributed by atoms with Crippen LogP contribution in [0.25, 0.3) is 11.2 Å². The molecule has 0 amide bonds. The molecule has 20 heavy (non-hydrogen) atoms. The molecule has 0 aromatic carbocycles. The summed E-state index contributed by atoms with van der Waals surface area (Å²) in [6, 6.07) is -0.102. The second kappa shape index (κ2) is 4.55. The van der Waals surface area contributed by atoms with Crippen LogP contribution in [0, 0.1) is 20.8 Å². The maximum Gasteiger partial charge on any atom is 0.252 e. The smallest absolute Gasteiger partial charge is 0.252 e. The van der Waals surface area contributed by atoms with Crippen molar-refractivity contribution in [2.24, 2.45) is 0 Å². The number of oxazole rings is 1. The number of anilines is 1. The quantitative estimate of drug-likeness (QED) is 0.749. The average Bonchev–Trinajstić information content (AvgIpc) is 2.94. The third kappa shape index (κ3) is 2.20. The van der Waals surface area contributed by atoms with Gasteiger partial charge in [-0.3, -0.25) is 5.10 Å². The molecule has 3 heterocycles. The summed E-state index contributed by atoms with van der Waals surface area (Å²) in [5.41, 5.74) is 1.10. The maximum atomic E-state index is 5.44. The van der Waals surface area contributed by atoms with E-state index in [4.69, 9.17) is 4.42 Å². The molecule has 0 fully saturated rings. The minimum Gasteiger partial charge on any atom is -0.422 e. The molecule has 0 aliphatic carbocycles. The van der Waals surface area contributed by atoms with E-state index in [1.54, 1.807) is 6.92 Å². The number of nitrogens with zero attached hydrogens (tertiary/aromatic N) is 5. The Labute approximate surface area is 115 Å². The van der Waals surface area contributed by atoms with Gasteiger partial charge in [-0.25, -0.2) is 15.0 Å². The van der Waals surface area contributed by atoms with Crippen LogP contribution in [-0.2, 0) is 0 Å². The van der Waals surface area contributed by atoms with Crippen molar-refractivity contribution >= 4 is 17.0 Å². The topological polar surface area (TPSA) is 105 Å². The summed E-state index contributed by atoms with van der Waals surface area (Å²) in [6.45, 7) is 7.41. The van der Waals surface area contributed by atoms with Crippen LogP contribution in [0.1, 0.15) is 36.3 Å². The lowest BCUT2D eigenvalue weighted by molar-refractivity contribution is 0.550. The van der Waals surface area contributed by atoms with Crippen molar-refractivity contribution in [1.29, 1.82) is 0 Å². The van der Waals surface area contributed by atoms with E-state index >= 15 is 0 Å². The van der Waals surface area contributed by atoms with Gasteiger partial charge in [-0.05, 0) is 20.8 Å². The van der Waals surface area contributed by atoms with Crippen molar-refractivity contribution in [3.8, 4) is 0 Å². The van der Waals surface area contributed by atoms with Crippen molar-refractivity contribution in [2.75, 3.05) is 5.32 Å². The predicted molar refractivity (Wildman–Crippen MR) is 72.2 cm³/mol. The van der Waals surface area contributed by atoms with Gasteiger partial charge in [0.1, 0.15) is 11.6 Å². The molecule has 2 N–H and O–H groups in total. The highest BCUT2D eigenvalue weighted by Crippen LogP contribution is 2.23. The first kappa shape index (κ1) is 12.5. The second-order valence-corrected chi connectivity index (χ2v) is 4.65. The SMILES string of the molecule is Cc1nc(N[C@@H](C)c2n[nH]c(C)n2)c2nc(C)oc2n1. The van der Waals surface area contributed by atoms with Gasteiger partial charge in [-0.15, -0.1) is 0 Å². The molecule has 1 atom stereocenters. The van der Waals surface area contributed by atoms with Crippen LogP contribution in [0.15, 0.2) is 4.42 Å². The summed E-state index contributed by atoms with van der Waals surface area (Å²) < 4.78 is 5.44. The number of aromatic amines is 1. The lowest BCUT2D eigenvalue weighted by Gasteiger charge is -2.11. The Bertz CT molecular complexity index is 760. The van der Waals surface area contributed by atoms with Gasteiger partial charge in [0.25, 0.3) is 5.71 Å². The number of nitrogens with one attached hydrogen (secondary N) is 2. The molecule has 0 aliphatic heterocycles. The fourth-order valence-electron chi connectivity index (χ4n) is 1.96. The molecule has 8 heteroatoms. The van der Waals surface area contributed by atoms with E-state index in [9.17, 15) is 0 Å². The summed E-state index contributed by atoms with van der Waals surface area (Å²) in [5, 5.41) is 10.2. The summed E-state index contributed by atoms with van der Waals surface area (Å²) in [5.74, 6) is 3.25. The zero-order chi connectivity index (χ0) is 14.3. The molecule has 0 saturated carbocycles. The fraction of sp³-hybridized carbons (Fsp3) is 0.417. The molecule has 0 bridgehead atoms. The molecular formula is C12H15N7O. The molecule has 0 radical (unpaired) electrons. The van der Waals surface area contributed by atoms with E-state index in [2.05, 4.69) is 35.5 Å². The van der Waals surface area contributed by atoms with E-state index in [0.29, 0.717) is 34.6 Å². The molecule has 8 nitrogen and oxygen atoms in total. The second-order valence-electron chi connectivity index (χ2n) is 4.65. The van der Waals surface area contributed by atoms with E-state index in [1.807, 2.05) is 20.8 Å². The predicted octanol–water partition coefficient (Wildman–Crippen LogP) is 1.83. The molecule has 3 rings (SSSR count). The van der Waals surface area contributed by atoms with Gasteiger partial charge >= 0.3 is 0 Å². The van der Waals surface area contributed by atoms with E-state index < -0.39 is 0 Å². The van der Waals surface area contributed by atoms with Crippen LogP contribution >= 0.6 is 0 Å². The van der Waals surface area contributed by atoms with Crippen LogP contribution in [0.3, 0.4) is 0 Å². The van der Waals surface area contributed by atoms with Gasteiger partial charge in [0.05, 0.1) is 6.04 Å². The van der Waals surface area contributed by atoms with Crippen molar-refractivity contribution in [2.45, 2.75) is 33.7 Å². The average molecular weight is 273 g/mol. The Hall–Kier alpha value is -2.51. The monoisotopic (exact) mass is 273 g/mol. The van der Waals surface area contributed by atoms with Crippen molar-refractivity contribution in [3.63, 3.8) is 0 Å². The van der Waals surface area contributed by atoms with Crippen molar-refractivity contribution < 1.29 is 4.42 Å². The number of fused-ring (bicyclic) bond motifs is 1.